The van der Waals surface area contributed by atoms with Gasteiger partial charge in [0, 0.05) is 6.16 Å². The van der Waals surface area contributed by atoms with Gasteiger partial charge in [-0.3, -0.25) is 4.57 Å². The summed E-state index contributed by atoms with van der Waals surface area (Å²) in [6.45, 7) is 2.20. The quantitative estimate of drug-likeness (QED) is 0.611. The molecular formula is C6H14NO2P. The smallest absolute Gasteiger partial charge is 0.222 e. The molecule has 1 atom stereocenters. The van der Waals surface area contributed by atoms with Crippen LogP contribution >= 0.6 is 7.37 Å². The molecule has 0 aliphatic heterocycles. The zero-order chi connectivity index (χ0) is 8.04. The Bertz CT molecular complexity index is 156. The standard InChI is InChI=1S/C6H14NO2P/c1-2-5-10(8,9)6-3-4-7/h2,5H,3-4,6-7H2,1H3,(H,8,9)/b5-2+. The van der Waals surface area contributed by atoms with E-state index >= 15 is 0 Å². The van der Waals surface area contributed by atoms with Crippen LogP contribution in [0.3, 0.4) is 0 Å². The monoisotopic (exact) mass is 163 g/mol. The Hall–Kier alpha value is -0.110. The van der Waals surface area contributed by atoms with Crippen LogP contribution < -0.4 is 5.73 Å². The fourth-order valence-corrected chi connectivity index (χ4v) is 1.88. The molecule has 0 fully saturated rings. The number of hydrogen-bond acceptors (Lipinski definition) is 2. The van der Waals surface area contributed by atoms with Crippen LogP contribution in [0.25, 0.3) is 0 Å². The van der Waals surface area contributed by atoms with Gasteiger partial charge in [-0.1, -0.05) is 6.08 Å². The van der Waals surface area contributed by atoms with Crippen LogP contribution in [-0.4, -0.2) is 17.6 Å². The van der Waals surface area contributed by atoms with E-state index in [-0.39, 0.29) is 0 Å². The third kappa shape index (κ3) is 4.74. The van der Waals surface area contributed by atoms with Crippen molar-refractivity contribution in [1.82, 2.24) is 0 Å². The average molecular weight is 163 g/mol. The van der Waals surface area contributed by atoms with Gasteiger partial charge in [-0.15, -0.1) is 0 Å². The molecule has 10 heavy (non-hydrogen) atoms. The topological polar surface area (TPSA) is 63.3 Å². The minimum atomic E-state index is -2.97. The first kappa shape index (κ1) is 9.89. The van der Waals surface area contributed by atoms with Gasteiger partial charge in [0.2, 0.25) is 7.37 Å². The molecule has 0 amide bonds. The maximum atomic E-state index is 11.0. The molecule has 0 aromatic rings. The van der Waals surface area contributed by atoms with E-state index in [4.69, 9.17) is 10.6 Å². The highest BCUT2D eigenvalue weighted by Gasteiger charge is 2.10. The Morgan fingerprint density at radius 3 is 2.70 bits per heavy atom. The Morgan fingerprint density at radius 1 is 1.70 bits per heavy atom. The van der Waals surface area contributed by atoms with Crippen LogP contribution in [0.1, 0.15) is 13.3 Å². The number of hydrogen-bond donors (Lipinski definition) is 2. The number of allylic oxidation sites excluding steroid dienone is 1. The lowest BCUT2D eigenvalue weighted by molar-refractivity contribution is 0.487. The summed E-state index contributed by atoms with van der Waals surface area (Å²) in [5.41, 5.74) is 5.18. The Labute approximate surface area is 61.4 Å². The molecule has 4 heteroatoms. The normalized spacial score (nSPS) is 17.5. The van der Waals surface area contributed by atoms with Gasteiger partial charge < -0.3 is 10.6 Å². The van der Waals surface area contributed by atoms with Crippen LogP contribution in [0, 0.1) is 0 Å². The summed E-state index contributed by atoms with van der Waals surface area (Å²) in [4.78, 5) is 9.06. The number of nitrogens with two attached hydrogens (primary N) is 1. The van der Waals surface area contributed by atoms with Crippen molar-refractivity contribution >= 4 is 7.37 Å². The van der Waals surface area contributed by atoms with Gasteiger partial charge in [0.25, 0.3) is 0 Å². The van der Waals surface area contributed by atoms with Crippen molar-refractivity contribution in [2.75, 3.05) is 12.7 Å². The molecule has 3 nitrogen and oxygen atoms in total. The highest BCUT2D eigenvalue weighted by molar-refractivity contribution is 7.61. The van der Waals surface area contributed by atoms with Crippen molar-refractivity contribution in [3.05, 3.63) is 11.9 Å². The second-order valence-corrected chi connectivity index (χ2v) is 4.36. The first-order valence-electron chi connectivity index (χ1n) is 3.28. The summed E-state index contributed by atoms with van der Waals surface area (Å²) in [7, 11) is -2.97. The summed E-state index contributed by atoms with van der Waals surface area (Å²) >= 11 is 0. The summed E-state index contributed by atoms with van der Waals surface area (Å²) in [5, 5.41) is 0. The van der Waals surface area contributed by atoms with Gasteiger partial charge in [-0.2, -0.15) is 0 Å². The highest BCUT2D eigenvalue weighted by atomic mass is 31.2. The van der Waals surface area contributed by atoms with E-state index in [1.165, 1.54) is 5.82 Å². The molecular weight excluding hydrogens is 149 g/mol. The lowest BCUT2D eigenvalue weighted by Crippen LogP contribution is -2.01. The van der Waals surface area contributed by atoms with Crippen LogP contribution in [-0.2, 0) is 4.57 Å². The van der Waals surface area contributed by atoms with Gasteiger partial charge in [0.1, 0.15) is 0 Å². The van der Waals surface area contributed by atoms with Crippen molar-refractivity contribution in [3.8, 4) is 0 Å². The molecule has 60 valence electrons. The van der Waals surface area contributed by atoms with Gasteiger partial charge in [0.05, 0.1) is 0 Å². The van der Waals surface area contributed by atoms with Crippen molar-refractivity contribution in [2.45, 2.75) is 13.3 Å². The Morgan fingerprint density at radius 2 is 2.30 bits per heavy atom. The predicted octanol–water partition coefficient (Wildman–Crippen LogP) is 1.14. The summed E-state index contributed by atoms with van der Waals surface area (Å²) in [5.74, 6) is 1.35. The maximum absolute atomic E-state index is 11.0. The Kier molecular flexibility index (Phi) is 4.62. The second kappa shape index (κ2) is 4.67. The van der Waals surface area contributed by atoms with Gasteiger partial charge in [-0.25, -0.2) is 0 Å². The largest absolute Gasteiger partial charge is 0.341 e. The number of rotatable bonds is 4. The average Bonchev–Trinajstić information content (AvgIpc) is 1.84. The molecule has 0 aromatic carbocycles. The molecule has 0 bridgehead atoms. The third-order valence-electron chi connectivity index (χ3n) is 1.06. The minimum absolute atomic E-state index is 0.299. The molecule has 3 N–H and O–H groups in total. The van der Waals surface area contributed by atoms with Gasteiger partial charge >= 0.3 is 0 Å². The van der Waals surface area contributed by atoms with Crippen LogP contribution in [0.5, 0.6) is 0 Å². The molecule has 0 aliphatic carbocycles. The van der Waals surface area contributed by atoms with Crippen LogP contribution in [0.15, 0.2) is 11.9 Å². The minimum Gasteiger partial charge on any atom is -0.341 e. The van der Waals surface area contributed by atoms with E-state index in [1.807, 2.05) is 0 Å². The summed E-state index contributed by atoms with van der Waals surface area (Å²) in [6.07, 6.45) is 2.50. The predicted molar refractivity (Wildman–Crippen MR) is 43.2 cm³/mol. The fourth-order valence-electron chi connectivity index (χ4n) is 0.625. The third-order valence-corrected chi connectivity index (χ3v) is 2.79. The van der Waals surface area contributed by atoms with Gasteiger partial charge in [0.15, 0.2) is 0 Å². The van der Waals surface area contributed by atoms with Crippen molar-refractivity contribution < 1.29 is 9.46 Å². The van der Waals surface area contributed by atoms with E-state index in [0.29, 0.717) is 19.1 Å². The van der Waals surface area contributed by atoms with Crippen molar-refractivity contribution in [2.24, 2.45) is 5.73 Å². The molecule has 0 spiro atoms. The zero-order valence-electron chi connectivity index (χ0n) is 6.16. The van der Waals surface area contributed by atoms with Crippen molar-refractivity contribution in [3.63, 3.8) is 0 Å². The molecule has 0 radical (unpaired) electrons. The molecule has 0 saturated heterocycles. The summed E-state index contributed by atoms with van der Waals surface area (Å²) < 4.78 is 11.0. The van der Waals surface area contributed by atoms with E-state index in [1.54, 1.807) is 13.0 Å². The second-order valence-electron chi connectivity index (χ2n) is 2.10. The summed E-state index contributed by atoms with van der Waals surface area (Å²) in [6, 6.07) is 0. The van der Waals surface area contributed by atoms with Crippen LogP contribution in [0.4, 0.5) is 0 Å². The Balaban J connectivity index is 3.76. The zero-order valence-corrected chi connectivity index (χ0v) is 7.05. The van der Waals surface area contributed by atoms with Gasteiger partial charge in [-0.05, 0) is 25.7 Å². The van der Waals surface area contributed by atoms with E-state index in [2.05, 4.69) is 0 Å². The SMILES string of the molecule is C/C=C/P(=O)(O)CCCN. The van der Waals surface area contributed by atoms with Crippen molar-refractivity contribution in [1.29, 1.82) is 0 Å². The first-order valence-corrected chi connectivity index (χ1v) is 5.19. The van der Waals surface area contributed by atoms with E-state index in [0.717, 1.165) is 0 Å². The molecule has 0 aromatic heterocycles. The van der Waals surface area contributed by atoms with Crippen LogP contribution in [0.2, 0.25) is 0 Å². The van der Waals surface area contributed by atoms with E-state index in [9.17, 15) is 4.57 Å². The molecule has 0 rings (SSSR count). The lowest BCUT2D eigenvalue weighted by Gasteiger charge is -2.03. The molecule has 0 heterocycles. The fraction of sp³-hybridized carbons (Fsp3) is 0.667. The lowest BCUT2D eigenvalue weighted by atomic mass is 10.5. The van der Waals surface area contributed by atoms with E-state index < -0.39 is 7.37 Å². The first-order chi connectivity index (χ1) is 4.62. The highest BCUT2D eigenvalue weighted by Crippen LogP contribution is 2.42. The molecule has 0 saturated carbocycles. The molecule has 0 aliphatic rings. The maximum Gasteiger partial charge on any atom is 0.222 e. The molecule has 1 unspecified atom stereocenters.